The van der Waals surface area contributed by atoms with Crippen molar-refractivity contribution in [3.63, 3.8) is 0 Å². The Balaban J connectivity index is 2.30. The molecular weight excluding hydrogens is 319 g/mol. The lowest BCUT2D eigenvalue weighted by atomic mass is 9.89. The monoisotopic (exact) mass is 334 g/mol. The molecule has 0 saturated carbocycles. The number of fused-ring (bicyclic) bond motifs is 3. The first-order chi connectivity index (χ1) is 11.0. The molecule has 0 spiro atoms. The standard InChI is InChI=1S/C16H15FN2O3S/c1-23-8-16(6-12(20)21)15-10(4-5-22-16)13-9(7-18)2-3-11(17)14(13)19-15/h2-3,19H,4-6,8H2,1H3,(H,20,21). The van der Waals surface area contributed by atoms with Gasteiger partial charge in [0.05, 0.1) is 35.9 Å². The van der Waals surface area contributed by atoms with Crippen molar-refractivity contribution in [3.05, 3.63) is 34.8 Å². The van der Waals surface area contributed by atoms with Crippen LogP contribution in [0.3, 0.4) is 0 Å². The van der Waals surface area contributed by atoms with Crippen LogP contribution in [-0.2, 0) is 21.6 Å². The summed E-state index contributed by atoms with van der Waals surface area (Å²) < 4.78 is 20.0. The number of H-pyrrole nitrogens is 1. The number of nitriles is 1. The Bertz CT molecular complexity index is 827. The number of carbonyl (C=O) groups is 1. The first-order valence-corrected chi connectivity index (χ1v) is 8.50. The van der Waals surface area contributed by atoms with Gasteiger partial charge in [-0.1, -0.05) is 0 Å². The van der Waals surface area contributed by atoms with Crippen LogP contribution in [-0.4, -0.2) is 34.7 Å². The van der Waals surface area contributed by atoms with Crippen LogP contribution in [0.5, 0.6) is 0 Å². The number of aromatic amines is 1. The van der Waals surface area contributed by atoms with Crippen LogP contribution >= 0.6 is 11.8 Å². The van der Waals surface area contributed by atoms with E-state index >= 15 is 0 Å². The van der Waals surface area contributed by atoms with E-state index in [1.54, 1.807) is 0 Å². The first kappa shape index (κ1) is 15.8. The minimum atomic E-state index is -1.03. The predicted molar refractivity (Wildman–Crippen MR) is 84.9 cm³/mol. The molecule has 0 aliphatic carbocycles. The summed E-state index contributed by atoms with van der Waals surface area (Å²) in [7, 11) is 0. The minimum absolute atomic E-state index is 0.211. The van der Waals surface area contributed by atoms with Gasteiger partial charge in [0.25, 0.3) is 0 Å². The summed E-state index contributed by atoms with van der Waals surface area (Å²) in [5.41, 5.74) is 0.969. The van der Waals surface area contributed by atoms with Crippen LogP contribution in [0.25, 0.3) is 10.9 Å². The molecule has 1 aromatic heterocycles. The molecule has 2 aromatic rings. The molecule has 3 rings (SSSR count). The number of thioether (sulfide) groups is 1. The average Bonchev–Trinajstić information content (AvgIpc) is 2.90. The lowest BCUT2D eigenvalue weighted by Gasteiger charge is -2.36. The normalized spacial score (nSPS) is 20.2. The third-order valence-corrected chi connectivity index (χ3v) is 4.88. The maximum Gasteiger partial charge on any atom is 0.306 e. The molecule has 2 heterocycles. The van der Waals surface area contributed by atoms with E-state index in [2.05, 4.69) is 11.1 Å². The van der Waals surface area contributed by atoms with E-state index in [4.69, 9.17) is 4.74 Å². The molecule has 0 saturated heterocycles. The predicted octanol–water partition coefficient (Wildman–Crippen LogP) is 2.78. The van der Waals surface area contributed by atoms with Crippen LogP contribution in [0.1, 0.15) is 23.2 Å². The number of benzene rings is 1. The van der Waals surface area contributed by atoms with Gasteiger partial charge < -0.3 is 14.8 Å². The summed E-state index contributed by atoms with van der Waals surface area (Å²) in [5, 5.41) is 19.1. The Morgan fingerprint density at radius 2 is 2.39 bits per heavy atom. The maximum atomic E-state index is 14.2. The molecule has 23 heavy (non-hydrogen) atoms. The van der Waals surface area contributed by atoms with Gasteiger partial charge in [0.15, 0.2) is 0 Å². The molecule has 0 radical (unpaired) electrons. The molecule has 1 aliphatic rings. The highest BCUT2D eigenvalue weighted by molar-refractivity contribution is 7.98. The fourth-order valence-electron chi connectivity index (χ4n) is 3.27. The number of rotatable bonds is 4. The number of halogens is 1. The van der Waals surface area contributed by atoms with Gasteiger partial charge in [0.2, 0.25) is 0 Å². The molecule has 0 amide bonds. The van der Waals surface area contributed by atoms with Crippen molar-refractivity contribution in [2.75, 3.05) is 18.6 Å². The molecule has 0 fully saturated rings. The van der Waals surface area contributed by atoms with E-state index in [9.17, 15) is 19.6 Å². The Labute approximate surface area is 136 Å². The smallest absolute Gasteiger partial charge is 0.306 e. The van der Waals surface area contributed by atoms with Crippen molar-refractivity contribution in [2.45, 2.75) is 18.4 Å². The van der Waals surface area contributed by atoms with Crippen molar-refractivity contribution in [3.8, 4) is 6.07 Å². The summed E-state index contributed by atoms with van der Waals surface area (Å²) in [6, 6.07) is 4.78. The van der Waals surface area contributed by atoms with E-state index in [-0.39, 0.29) is 11.9 Å². The van der Waals surface area contributed by atoms with Gasteiger partial charge in [-0.2, -0.15) is 17.0 Å². The SMILES string of the molecule is CSCC1(CC(=O)O)OCCc2c1[nH]c1c(F)ccc(C#N)c21. The third-order valence-electron chi connectivity index (χ3n) is 4.13. The number of hydrogen-bond donors (Lipinski definition) is 2. The van der Waals surface area contributed by atoms with Gasteiger partial charge in [0, 0.05) is 11.1 Å². The largest absolute Gasteiger partial charge is 0.481 e. The molecule has 1 aliphatic heterocycles. The summed E-state index contributed by atoms with van der Waals surface area (Å²) in [6.45, 7) is 0.342. The molecule has 2 N–H and O–H groups in total. The third kappa shape index (κ3) is 2.48. The molecule has 1 aromatic carbocycles. The molecule has 0 bridgehead atoms. The van der Waals surface area contributed by atoms with Crippen LogP contribution in [0.4, 0.5) is 4.39 Å². The number of aromatic nitrogens is 1. The number of nitrogens with one attached hydrogen (secondary N) is 1. The van der Waals surface area contributed by atoms with E-state index < -0.39 is 17.4 Å². The zero-order valence-electron chi connectivity index (χ0n) is 12.5. The van der Waals surface area contributed by atoms with Crippen LogP contribution < -0.4 is 0 Å². The molecule has 1 unspecified atom stereocenters. The second kappa shape index (κ2) is 5.87. The zero-order chi connectivity index (χ0) is 16.6. The molecule has 7 heteroatoms. The second-order valence-corrected chi connectivity index (χ2v) is 6.40. The van der Waals surface area contributed by atoms with Gasteiger partial charge in [-0.05, 0) is 30.4 Å². The molecule has 1 atom stereocenters. The van der Waals surface area contributed by atoms with E-state index in [1.165, 1.54) is 23.9 Å². The van der Waals surface area contributed by atoms with Crippen molar-refractivity contribution < 1.29 is 19.0 Å². The van der Waals surface area contributed by atoms with Crippen molar-refractivity contribution in [1.82, 2.24) is 4.98 Å². The first-order valence-electron chi connectivity index (χ1n) is 7.10. The zero-order valence-corrected chi connectivity index (χ0v) is 13.3. The Morgan fingerprint density at radius 3 is 3.04 bits per heavy atom. The van der Waals surface area contributed by atoms with Gasteiger partial charge in [-0.25, -0.2) is 4.39 Å². The maximum absolute atomic E-state index is 14.2. The van der Waals surface area contributed by atoms with Crippen molar-refractivity contribution >= 4 is 28.6 Å². The number of aliphatic carboxylic acids is 1. The molecule has 5 nitrogen and oxygen atoms in total. The van der Waals surface area contributed by atoms with Crippen LogP contribution in [0, 0.1) is 17.1 Å². The highest BCUT2D eigenvalue weighted by Gasteiger charge is 2.42. The number of hydrogen-bond acceptors (Lipinski definition) is 4. The highest BCUT2D eigenvalue weighted by Crippen LogP contribution is 2.42. The summed E-state index contributed by atoms with van der Waals surface area (Å²) in [5.74, 6) is -1.00. The number of carboxylic acid groups (broad SMARTS) is 1. The average molecular weight is 334 g/mol. The van der Waals surface area contributed by atoms with Crippen LogP contribution in [0.15, 0.2) is 12.1 Å². The van der Waals surface area contributed by atoms with Gasteiger partial charge in [-0.15, -0.1) is 0 Å². The summed E-state index contributed by atoms with van der Waals surface area (Å²) >= 11 is 1.47. The lowest BCUT2D eigenvalue weighted by Crippen LogP contribution is -2.40. The molecular formula is C16H15FN2O3S. The van der Waals surface area contributed by atoms with Crippen molar-refractivity contribution in [1.29, 1.82) is 5.26 Å². The van der Waals surface area contributed by atoms with Gasteiger partial charge in [0.1, 0.15) is 11.4 Å². The summed E-state index contributed by atoms with van der Waals surface area (Å²) in [4.78, 5) is 14.3. The minimum Gasteiger partial charge on any atom is -0.481 e. The number of ether oxygens (including phenoxy) is 1. The number of carboxylic acids is 1. The van der Waals surface area contributed by atoms with Gasteiger partial charge in [-0.3, -0.25) is 4.79 Å². The quantitative estimate of drug-likeness (QED) is 0.898. The Hall–Kier alpha value is -2.04. The van der Waals surface area contributed by atoms with E-state index in [1.807, 2.05) is 6.26 Å². The number of nitrogens with zero attached hydrogens (tertiary/aromatic N) is 1. The Morgan fingerprint density at radius 1 is 1.61 bits per heavy atom. The van der Waals surface area contributed by atoms with E-state index in [0.717, 1.165) is 5.56 Å². The fourth-order valence-corrected chi connectivity index (χ4v) is 4.07. The second-order valence-electron chi connectivity index (χ2n) is 5.53. The van der Waals surface area contributed by atoms with Crippen molar-refractivity contribution in [2.24, 2.45) is 0 Å². The highest BCUT2D eigenvalue weighted by atomic mass is 32.2. The lowest BCUT2D eigenvalue weighted by molar-refractivity contribution is -0.146. The Kier molecular flexibility index (Phi) is 4.04. The molecule has 120 valence electrons. The topological polar surface area (TPSA) is 86.1 Å². The van der Waals surface area contributed by atoms with E-state index in [0.29, 0.717) is 35.4 Å². The van der Waals surface area contributed by atoms with Gasteiger partial charge >= 0.3 is 5.97 Å². The summed E-state index contributed by atoms with van der Waals surface area (Å²) in [6.07, 6.45) is 2.17. The fraction of sp³-hybridized carbons (Fsp3) is 0.375. The van der Waals surface area contributed by atoms with Crippen LogP contribution in [0.2, 0.25) is 0 Å².